The molecule has 1 aliphatic carbocycles. The average Bonchev–Trinajstić information content (AvgIpc) is 3.31. The standard InChI is InChI=1S/C16H20N4O3/c1-4-11(14-8(2)20-23-9(14)3)18-16(22)12-7-13(21)19-15(17-12)10-5-6-10/h7,10-11H,4-6H2,1-3H3,(H,18,22)(H,17,19,21). The third-order valence-electron chi connectivity index (χ3n) is 4.11. The molecule has 7 heteroatoms. The van der Waals surface area contributed by atoms with Crippen LogP contribution in [0.15, 0.2) is 15.4 Å². The number of aromatic amines is 1. The summed E-state index contributed by atoms with van der Waals surface area (Å²) in [5.74, 6) is 1.21. The van der Waals surface area contributed by atoms with Crippen molar-refractivity contribution in [2.45, 2.75) is 52.0 Å². The normalized spacial score (nSPS) is 15.4. The number of nitrogens with zero attached hydrogens (tertiary/aromatic N) is 2. The Kier molecular flexibility index (Phi) is 4.02. The second-order valence-electron chi connectivity index (χ2n) is 5.96. The molecule has 2 aromatic heterocycles. The molecule has 3 rings (SSSR count). The van der Waals surface area contributed by atoms with Gasteiger partial charge in [-0.2, -0.15) is 0 Å². The molecular formula is C16H20N4O3. The summed E-state index contributed by atoms with van der Waals surface area (Å²) < 4.78 is 5.17. The molecule has 2 heterocycles. The van der Waals surface area contributed by atoms with Gasteiger partial charge in [0.1, 0.15) is 17.3 Å². The Bertz CT molecular complexity index is 769. The lowest BCUT2D eigenvalue weighted by Crippen LogP contribution is -2.31. The first-order chi connectivity index (χ1) is 11.0. The summed E-state index contributed by atoms with van der Waals surface area (Å²) >= 11 is 0. The molecule has 0 radical (unpaired) electrons. The molecule has 0 aliphatic heterocycles. The Hall–Kier alpha value is -2.44. The van der Waals surface area contributed by atoms with E-state index in [9.17, 15) is 9.59 Å². The van der Waals surface area contributed by atoms with Crippen LogP contribution in [0.5, 0.6) is 0 Å². The number of nitrogens with one attached hydrogen (secondary N) is 2. The minimum absolute atomic E-state index is 0.154. The maximum Gasteiger partial charge on any atom is 0.270 e. The van der Waals surface area contributed by atoms with Gasteiger partial charge in [0.15, 0.2) is 0 Å². The lowest BCUT2D eigenvalue weighted by atomic mass is 10.0. The first-order valence-corrected chi connectivity index (χ1v) is 7.84. The van der Waals surface area contributed by atoms with Crippen LogP contribution >= 0.6 is 0 Å². The van der Waals surface area contributed by atoms with Gasteiger partial charge >= 0.3 is 0 Å². The molecule has 122 valence electrons. The third-order valence-corrected chi connectivity index (χ3v) is 4.11. The zero-order chi connectivity index (χ0) is 16.6. The molecule has 7 nitrogen and oxygen atoms in total. The number of hydrogen-bond acceptors (Lipinski definition) is 5. The summed E-state index contributed by atoms with van der Waals surface area (Å²) in [6.07, 6.45) is 2.70. The Labute approximate surface area is 133 Å². The van der Waals surface area contributed by atoms with Crippen LogP contribution in [-0.2, 0) is 0 Å². The van der Waals surface area contributed by atoms with E-state index in [-0.39, 0.29) is 29.1 Å². The zero-order valence-corrected chi connectivity index (χ0v) is 13.5. The highest BCUT2D eigenvalue weighted by Crippen LogP contribution is 2.37. The Morgan fingerprint density at radius 3 is 2.78 bits per heavy atom. The Morgan fingerprint density at radius 1 is 1.48 bits per heavy atom. The fourth-order valence-electron chi connectivity index (χ4n) is 2.74. The van der Waals surface area contributed by atoms with Crippen LogP contribution in [0, 0.1) is 13.8 Å². The van der Waals surface area contributed by atoms with Gasteiger partial charge in [-0.1, -0.05) is 12.1 Å². The van der Waals surface area contributed by atoms with Crippen molar-refractivity contribution in [2.24, 2.45) is 0 Å². The smallest absolute Gasteiger partial charge is 0.270 e. The summed E-state index contributed by atoms with van der Waals surface area (Å²) in [4.78, 5) is 31.2. The van der Waals surface area contributed by atoms with E-state index in [1.807, 2.05) is 20.8 Å². The van der Waals surface area contributed by atoms with Crippen LogP contribution in [0.3, 0.4) is 0 Å². The maximum absolute atomic E-state index is 12.5. The second-order valence-corrected chi connectivity index (χ2v) is 5.96. The molecule has 1 aliphatic rings. The van der Waals surface area contributed by atoms with Crippen molar-refractivity contribution in [3.05, 3.63) is 45.0 Å². The highest BCUT2D eigenvalue weighted by molar-refractivity contribution is 5.92. The molecule has 1 saturated carbocycles. The average molecular weight is 316 g/mol. The van der Waals surface area contributed by atoms with Gasteiger partial charge in [-0.25, -0.2) is 4.98 Å². The monoisotopic (exact) mass is 316 g/mol. The zero-order valence-electron chi connectivity index (χ0n) is 13.5. The first-order valence-electron chi connectivity index (χ1n) is 7.84. The van der Waals surface area contributed by atoms with Gasteiger partial charge < -0.3 is 14.8 Å². The predicted molar refractivity (Wildman–Crippen MR) is 83.3 cm³/mol. The highest BCUT2D eigenvalue weighted by atomic mass is 16.5. The molecule has 1 fully saturated rings. The van der Waals surface area contributed by atoms with Crippen molar-refractivity contribution in [3.8, 4) is 0 Å². The number of carbonyl (C=O) groups is 1. The van der Waals surface area contributed by atoms with Crippen molar-refractivity contribution in [1.29, 1.82) is 0 Å². The van der Waals surface area contributed by atoms with E-state index in [1.54, 1.807) is 0 Å². The van der Waals surface area contributed by atoms with Crippen molar-refractivity contribution in [2.75, 3.05) is 0 Å². The molecule has 1 unspecified atom stereocenters. The van der Waals surface area contributed by atoms with Crippen LogP contribution in [0.2, 0.25) is 0 Å². The summed E-state index contributed by atoms with van der Waals surface area (Å²) in [6.45, 7) is 5.63. The van der Waals surface area contributed by atoms with Gasteiger partial charge in [-0.05, 0) is 33.1 Å². The lowest BCUT2D eigenvalue weighted by Gasteiger charge is -2.16. The highest BCUT2D eigenvalue weighted by Gasteiger charge is 2.28. The minimum atomic E-state index is -0.357. The molecule has 0 saturated heterocycles. The predicted octanol–water partition coefficient (Wildman–Crippen LogP) is 2.13. The van der Waals surface area contributed by atoms with Gasteiger partial charge in [-0.3, -0.25) is 9.59 Å². The van der Waals surface area contributed by atoms with E-state index in [4.69, 9.17) is 4.52 Å². The molecular weight excluding hydrogens is 296 g/mol. The van der Waals surface area contributed by atoms with Gasteiger partial charge in [0, 0.05) is 17.5 Å². The number of H-pyrrole nitrogens is 1. The molecule has 23 heavy (non-hydrogen) atoms. The van der Waals surface area contributed by atoms with Crippen LogP contribution in [-0.4, -0.2) is 21.0 Å². The van der Waals surface area contributed by atoms with Gasteiger partial charge in [0.05, 0.1) is 11.7 Å². The van der Waals surface area contributed by atoms with Gasteiger partial charge in [-0.15, -0.1) is 0 Å². The van der Waals surface area contributed by atoms with E-state index in [0.29, 0.717) is 18.0 Å². The van der Waals surface area contributed by atoms with Crippen molar-refractivity contribution in [1.82, 2.24) is 20.4 Å². The molecule has 2 N–H and O–H groups in total. The first kappa shape index (κ1) is 15.5. The maximum atomic E-state index is 12.5. The molecule has 0 bridgehead atoms. The van der Waals surface area contributed by atoms with Gasteiger partial charge in [0.2, 0.25) is 0 Å². The van der Waals surface area contributed by atoms with Crippen molar-refractivity contribution in [3.63, 3.8) is 0 Å². The van der Waals surface area contributed by atoms with E-state index in [0.717, 1.165) is 24.1 Å². The molecule has 2 aromatic rings. The van der Waals surface area contributed by atoms with E-state index in [2.05, 4.69) is 20.4 Å². The largest absolute Gasteiger partial charge is 0.361 e. The third kappa shape index (κ3) is 3.18. The Morgan fingerprint density at radius 2 is 2.22 bits per heavy atom. The molecule has 1 atom stereocenters. The number of aryl methyl sites for hydroxylation is 2. The number of carbonyl (C=O) groups excluding carboxylic acids is 1. The van der Waals surface area contributed by atoms with Crippen LogP contribution < -0.4 is 10.9 Å². The molecule has 0 spiro atoms. The van der Waals surface area contributed by atoms with Gasteiger partial charge in [0.25, 0.3) is 11.5 Å². The number of amides is 1. The quantitative estimate of drug-likeness (QED) is 0.880. The van der Waals surface area contributed by atoms with Crippen LogP contribution in [0.4, 0.5) is 0 Å². The number of rotatable bonds is 5. The van der Waals surface area contributed by atoms with Crippen LogP contribution in [0.1, 0.15) is 71.5 Å². The fourth-order valence-corrected chi connectivity index (χ4v) is 2.74. The summed E-state index contributed by atoms with van der Waals surface area (Å²) in [5.41, 5.74) is 1.50. The van der Waals surface area contributed by atoms with E-state index < -0.39 is 0 Å². The number of aromatic nitrogens is 3. The van der Waals surface area contributed by atoms with E-state index >= 15 is 0 Å². The summed E-state index contributed by atoms with van der Waals surface area (Å²) in [5, 5.41) is 6.85. The van der Waals surface area contributed by atoms with Crippen molar-refractivity contribution >= 4 is 5.91 Å². The summed E-state index contributed by atoms with van der Waals surface area (Å²) in [6, 6.07) is 1.01. The lowest BCUT2D eigenvalue weighted by molar-refractivity contribution is 0.0929. The minimum Gasteiger partial charge on any atom is -0.361 e. The molecule has 1 amide bonds. The SMILES string of the molecule is CCC(NC(=O)c1cc(=O)[nH]c(C2CC2)n1)c1c(C)noc1C. The topological polar surface area (TPSA) is 101 Å². The van der Waals surface area contributed by atoms with Crippen molar-refractivity contribution < 1.29 is 9.32 Å². The van der Waals surface area contributed by atoms with E-state index in [1.165, 1.54) is 6.07 Å². The fraction of sp³-hybridized carbons (Fsp3) is 0.500. The Balaban J connectivity index is 1.84. The molecule has 0 aromatic carbocycles. The summed E-state index contributed by atoms with van der Waals surface area (Å²) in [7, 11) is 0. The van der Waals surface area contributed by atoms with Crippen LogP contribution in [0.25, 0.3) is 0 Å². The number of hydrogen-bond donors (Lipinski definition) is 2. The second kappa shape index (κ2) is 5.98.